The van der Waals surface area contributed by atoms with E-state index in [1.54, 1.807) is 13.2 Å². The van der Waals surface area contributed by atoms with Crippen molar-refractivity contribution in [2.24, 2.45) is 10.9 Å². The summed E-state index contributed by atoms with van der Waals surface area (Å²) in [4.78, 5) is 23.3. The Kier molecular flexibility index (Phi) is 7.51. The molecule has 28 heavy (non-hydrogen) atoms. The molecule has 2 fully saturated rings. The van der Waals surface area contributed by atoms with Crippen molar-refractivity contribution < 1.29 is 9.53 Å². The zero-order chi connectivity index (χ0) is 19.8. The molecule has 0 bridgehead atoms. The van der Waals surface area contributed by atoms with Crippen LogP contribution in [0.25, 0.3) is 0 Å². The molecule has 1 aliphatic carbocycles. The van der Waals surface area contributed by atoms with Crippen LogP contribution in [0.3, 0.4) is 0 Å². The van der Waals surface area contributed by atoms with Crippen LogP contribution in [-0.4, -0.2) is 54.5 Å². The maximum absolute atomic E-state index is 12.6. The smallest absolute Gasteiger partial charge is 0.225 e. The Labute approximate surface area is 168 Å². The van der Waals surface area contributed by atoms with E-state index in [1.807, 2.05) is 17.0 Å². The highest BCUT2D eigenvalue weighted by atomic mass is 16.5. The fraction of sp³-hybridized carbons (Fsp3) is 0.667. The van der Waals surface area contributed by atoms with Gasteiger partial charge in [-0.25, -0.2) is 4.98 Å². The average Bonchev–Trinajstić information content (AvgIpc) is 3.42. The molecular weight excluding hydrogens is 354 g/mol. The van der Waals surface area contributed by atoms with Gasteiger partial charge in [-0.3, -0.25) is 9.79 Å². The summed E-state index contributed by atoms with van der Waals surface area (Å²) in [5.41, 5.74) is 1.00. The molecule has 1 aliphatic heterocycles. The second-order valence-corrected chi connectivity index (χ2v) is 7.64. The molecular formula is C21H33N5O2. The second-order valence-electron chi connectivity index (χ2n) is 7.64. The lowest BCUT2D eigenvalue weighted by molar-refractivity contribution is -0.134. The third-order valence-corrected chi connectivity index (χ3v) is 5.51. The van der Waals surface area contributed by atoms with Crippen LogP contribution in [0.5, 0.6) is 5.88 Å². The molecule has 0 aromatic carbocycles. The van der Waals surface area contributed by atoms with Crippen LogP contribution in [0.2, 0.25) is 0 Å². The molecule has 0 spiro atoms. The first kappa shape index (κ1) is 20.4. The van der Waals surface area contributed by atoms with Crippen molar-refractivity contribution in [3.05, 3.63) is 23.9 Å². The Balaban J connectivity index is 1.48. The number of nitrogens with one attached hydrogen (secondary N) is 2. The number of pyridine rings is 1. The first-order valence-corrected chi connectivity index (χ1v) is 10.5. The fourth-order valence-electron chi connectivity index (χ4n) is 3.96. The maximum Gasteiger partial charge on any atom is 0.225 e. The van der Waals surface area contributed by atoms with E-state index < -0.39 is 0 Å². The van der Waals surface area contributed by atoms with Gasteiger partial charge in [0.2, 0.25) is 11.8 Å². The monoisotopic (exact) mass is 387 g/mol. The molecule has 0 radical (unpaired) electrons. The number of amides is 1. The van der Waals surface area contributed by atoms with Crippen molar-refractivity contribution in [1.29, 1.82) is 0 Å². The van der Waals surface area contributed by atoms with Crippen LogP contribution in [0.4, 0.5) is 0 Å². The van der Waals surface area contributed by atoms with Gasteiger partial charge in [0.1, 0.15) is 0 Å². The van der Waals surface area contributed by atoms with Gasteiger partial charge in [0.05, 0.1) is 6.61 Å². The summed E-state index contributed by atoms with van der Waals surface area (Å²) in [6.07, 6.45) is 8.16. The van der Waals surface area contributed by atoms with E-state index in [2.05, 4.69) is 27.5 Å². The van der Waals surface area contributed by atoms with Gasteiger partial charge in [-0.15, -0.1) is 0 Å². The van der Waals surface area contributed by atoms with Gasteiger partial charge in [0, 0.05) is 50.4 Å². The summed E-state index contributed by atoms with van der Waals surface area (Å²) in [7, 11) is 1.77. The van der Waals surface area contributed by atoms with Crippen LogP contribution >= 0.6 is 0 Å². The van der Waals surface area contributed by atoms with E-state index in [9.17, 15) is 4.79 Å². The van der Waals surface area contributed by atoms with E-state index in [-0.39, 0.29) is 12.0 Å². The molecule has 154 valence electrons. The molecule has 1 amide bonds. The summed E-state index contributed by atoms with van der Waals surface area (Å²) < 4.78 is 5.72. The molecule has 2 aliphatic rings. The zero-order valence-electron chi connectivity index (χ0n) is 17.1. The van der Waals surface area contributed by atoms with Gasteiger partial charge >= 0.3 is 0 Å². The summed E-state index contributed by atoms with van der Waals surface area (Å²) in [6, 6.07) is 4.16. The number of aromatic nitrogens is 1. The number of carbonyl (C=O) groups excluding carboxylic acids is 1. The summed E-state index contributed by atoms with van der Waals surface area (Å²) in [5, 5.41) is 6.80. The van der Waals surface area contributed by atoms with Crippen LogP contribution in [0.1, 0.15) is 51.0 Å². The Morgan fingerprint density at radius 3 is 2.93 bits per heavy atom. The third kappa shape index (κ3) is 5.36. The van der Waals surface area contributed by atoms with Crippen molar-refractivity contribution in [2.75, 3.05) is 26.7 Å². The van der Waals surface area contributed by atoms with Crippen molar-refractivity contribution in [3.63, 3.8) is 0 Å². The molecule has 1 aromatic heterocycles. The summed E-state index contributed by atoms with van der Waals surface area (Å²) in [6.45, 7) is 4.91. The Morgan fingerprint density at radius 1 is 1.36 bits per heavy atom. The minimum atomic E-state index is 0.237. The van der Waals surface area contributed by atoms with E-state index in [4.69, 9.17) is 4.74 Å². The van der Waals surface area contributed by atoms with Crippen LogP contribution in [0.15, 0.2) is 23.3 Å². The fourth-order valence-corrected chi connectivity index (χ4v) is 3.96. The number of guanidine groups is 1. The Morgan fingerprint density at radius 2 is 2.18 bits per heavy atom. The number of aliphatic imine (C=N–C) groups is 1. The largest absolute Gasteiger partial charge is 0.477 e. The van der Waals surface area contributed by atoms with Crippen molar-refractivity contribution in [1.82, 2.24) is 20.5 Å². The first-order chi connectivity index (χ1) is 13.7. The van der Waals surface area contributed by atoms with Crippen LogP contribution in [-0.2, 0) is 11.3 Å². The lowest BCUT2D eigenvalue weighted by Crippen LogP contribution is -2.45. The quantitative estimate of drug-likeness (QED) is 0.555. The first-order valence-electron chi connectivity index (χ1n) is 10.5. The Hall–Kier alpha value is -2.31. The zero-order valence-corrected chi connectivity index (χ0v) is 17.1. The number of ether oxygens (including phenoxy) is 1. The highest BCUT2D eigenvalue weighted by Gasteiger charge is 2.32. The number of hydrogen-bond acceptors (Lipinski definition) is 4. The number of carbonyl (C=O) groups is 1. The highest BCUT2D eigenvalue weighted by molar-refractivity contribution is 5.81. The number of likely N-dealkylation sites (tertiary alicyclic amines) is 1. The predicted octanol–water partition coefficient (Wildman–Crippen LogP) is 2.33. The lowest BCUT2D eigenvalue weighted by atomic mass is 10.1. The number of hydrogen-bond donors (Lipinski definition) is 2. The van der Waals surface area contributed by atoms with Crippen molar-refractivity contribution in [2.45, 2.75) is 58.0 Å². The molecule has 7 nitrogen and oxygen atoms in total. The molecule has 1 saturated carbocycles. The van der Waals surface area contributed by atoms with Gasteiger partial charge in [-0.05, 0) is 31.7 Å². The Bertz CT molecular complexity index is 673. The van der Waals surface area contributed by atoms with Crippen LogP contribution < -0.4 is 15.4 Å². The van der Waals surface area contributed by atoms with Crippen LogP contribution in [0, 0.1) is 5.92 Å². The molecule has 1 unspecified atom stereocenters. The standard InChI is InChI=1S/C21H33N5O2/c1-3-13-28-19-17(9-6-11-23-19)14-24-21(22-2)25-18-10-12-26(15-18)20(27)16-7-4-5-8-16/h6,9,11,16,18H,3-5,7-8,10,12-15H2,1-2H3,(H2,22,24,25). The van der Waals surface area contributed by atoms with Crippen molar-refractivity contribution >= 4 is 11.9 Å². The highest BCUT2D eigenvalue weighted by Crippen LogP contribution is 2.27. The topological polar surface area (TPSA) is 78.8 Å². The number of nitrogens with zero attached hydrogens (tertiary/aromatic N) is 3. The van der Waals surface area contributed by atoms with E-state index in [0.29, 0.717) is 24.9 Å². The minimum Gasteiger partial charge on any atom is -0.477 e. The SMILES string of the molecule is CCCOc1ncccc1CNC(=NC)NC1CCN(C(=O)C2CCCC2)C1. The van der Waals surface area contributed by atoms with E-state index in [0.717, 1.165) is 50.3 Å². The van der Waals surface area contributed by atoms with Gasteiger partial charge in [-0.1, -0.05) is 25.8 Å². The van der Waals surface area contributed by atoms with E-state index in [1.165, 1.54) is 12.8 Å². The van der Waals surface area contributed by atoms with Gasteiger partial charge in [0.25, 0.3) is 0 Å². The third-order valence-electron chi connectivity index (χ3n) is 5.51. The summed E-state index contributed by atoms with van der Waals surface area (Å²) >= 11 is 0. The molecule has 1 atom stereocenters. The minimum absolute atomic E-state index is 0.237. The number of rotatable bonds is 7. The lowest BCUT2D eigenvalue weighted by Gasteiger charge is -2.21. The summed E-state index contributed by atoms with van der Waals surface area (Å²) in [5.74, 6) is 2.01. The van der Waals surface area contributed by atoms with Gasteiger partial charge in [-0.2, -0.15) is 0 Å². The van der Waals surface area contributed by atoms with E-state index >= 15 is 0 Å². The average molecular weight is 388 g/mol. The molecule has 1 aromatic rings. The maximum atomic E-state index is 12.6. The normalized spacial score (nSPS) is 20.4. The van der Waals surface area contributed by atoms with Gasteiger partial charge in [0.15, 0.2) is 5.96 Å². The van der Waals surface area contributed by atoms with Gasteiger partial charge < -0.3 is 20.3 Å². The molecule has 3 rings (SSSR count). The molecule has 1 saturated heterocycles. The second kappa shape index (κ2) is 10.3. The molecule has 7 heteroatoms. The van der Waals surface area contributed by atoms with Crippen molar-refractivity contribution in [3.8, 4) is 5.88 Å². The molecule has 2 heterocycles. The predicted molar refractivity (Wildman–Crippen MR) is 110 cm³/mol. The molecule has 2 N–H and O–H groups in total.